The van der Waals surface area contributed by atoms with Crippen LogP contribution in [0.4, 0.5) is 24.1 Å². The van der Waals surface area contributed by atoms with Gasteiger partial charge in [-0.3, -0.25) is 9.59 Å². The molecule has 4 N–H and O–H groups in total. The maximum absolute atomic E-state index is 13.9. The first-order valence-corrected chi connectivity index (χ1v) is 31.8. The Morgan fingerprint density at radius 3 is 1.61 bits per heavy atom. The van der Waals surface area contributed by atoms with E-state index in [9.17, 15) is 36.4 Å². The highest BCUT2D eigenvalue weighted by Crippen LogP contribution is 2.36. The summed E-state index contributed by atoms with van der Waals surface area (Å²) < 4.78 is 77.8. The van der Waals surface area contributed by atoms with Gasteiger partial charge in [0.15, 0.2) is 26.9 Å². The number of sulfone groups is 1. The molecule has 0 unspecified atom stereocenters. The summed E-state index contributed by atoms with van der Waals surface area (Å²) in [7, 11) is -3.68. The minimum atomic E-state index is -3.68. The number of nitrogens with one attached hydrogen (secondary N) is 2. The minimum absolute atomic E-state index is 0.0325. The Hall–Kier alpha value is -9.03. The number of carbonyl (C=O) groups is 4. The van der Waals surface area contributed by atoms with E-state index in [0.29, 0.717) is 78.3 Å². The standard InChI is InChI=1S/C33H36FN5O4.C24H21FN4O4S.C9H18N2O2/c1-20-12-23(10-11-26(20)29(40)13-21-8-9-21)28-17-36-31-27(35-16-22-18-38(19-22)32(41)43-33(2,3)4)15-30(37-39(28)31)42-25-7-5-6-24(34)14-25;1-14-10-15(6-9-19(14)24(30)27-17-7-8-17)20-13-26-23-21(34(2,31)32)12-22(28-29(20)23)33-18-5-3-4-16(25)11-18;1-9(2,3)13-8(12)11-5-7(4-10)6-11/h5-7,10-12,14-15,17,21-22,35H,8-9,13,16,18-19H2,1-4H3;3-6,9-13,17H,7-8H2,1-2H3,(H,27,30);7H,4-6,10H2,1-3H3. The van der Waals surface area contributed by atoms with E-state index in [2.05, 4.69) is 25.7 Å². The zero-order chi connectivity index (χ0) is 64.4. The monoisotopic (exact) mass is 1250 g/mol. The summed E-state index contributed by atoms with van der Waals surface area (Å²) in [5.41, 5.74) is 11.7. The van der Waals surface area contributed by atoms with Crippen molar-refractivity contribution in [2.45, 2.75) is 110 Å². The first-order valence-electron chi connectivity index (χ1n) is 29.9. The van der Waals surface area contributed by atoms with Crippen LogP contribution in [0.2, 0.25) is 0 Å². The lowest BCUT2D eigenvalue weighted by molar-refractivity contribution is -0.000290. The second-order valence-corrected chi connectivity index (χ2v) is 27.4. The number of halogens is 2. The number of ketones is 1. The van der Waals surface area contributed by atoms with E-state index in [1.807, 2.05) is 79.7 Å². The van der Waals surface area contributed by atoms with E-state index in [-0.39, 0.29) is 63.9 Å². The summed E-state index contributed by atoms with van der Waals surface area (Å²) in [6.45, 7) is 18.8. The predicted octanol–water partition coefficient (Wildman–Crippen LogP) is 11.6. The number of amides is 3. The van der Waals surface area contributed by atoms with Crippen molar-refractivity contribution in [3.05, 3.63) is 143 Å². The van der Waals surface area contributed by atoms with Gasteiger partial charge in [-0.05, 0) is 147 Å². The molecule has 24 heteroatoms. The molecule has 4 aromatic carbocycles. The van der Waals surface area contributed by atoms with Gasteiger partial charge in [0, 0.05) is 110 Å². The average Bonchev–Trinajstić information content (AvgIpc) is 1.60. The molecule has 4 aromatic heterocycles. The van der Waals surface area contributed by atoms with E-state index in [0.717, 1.165) is 73.0 Å². The van der Waals surface area contributed by atoms with Crippen LogP contribution in [0.1, 0.15) is 105 Å². The molecule has 0 radical (unpaired) electrons. The Bertz CT molecular complexity index is 4120. The number of hydrogen-bond donors (Lipinski definition) is 3. The lowest BCUT2D eigenvalue weighted by atomic mass is 9.98. The Labute approximate surface area is 521 Å². The highest BCUT2D eigenvalue weighted by atomic mass is 32.2. The zero-order valence-corrected chi connectivity index (χ0v) is 52.7. The first-order chi connectivity index (χ1) is 42.6. The molecule has 6 heterocycles. The van der Waals surface area contributed by atoms with Gasteiger partial charge >= 0.3 is 12.2 Å². The number of ether oxygens (including phenoxy) is 4. The van der Waals surface area contributed by atoms with Gasteiger partial charge in [0.25, 0.3) is 5.91 Å². The summed E-state index contributed by atoms with van der Waals surface area (Å²) in [4.78, 5) is 61.2. The van der Waals surface area contributed by atoms with Crippen LogP contribution in [0.3, 0.4) is 0 Å². The molecular formula is C66H75F2N11O10S. The van der Waals surface area contributed by atoms with Crippen molar-refractivity contribution in [3.8, 4) is 45.8 Å². The number of Topliss-reactive ketones (excluding diaryl/α,β-unsaturated/α-hetero) is 1. The number of hydrogen-bond acceptors (Lipinski definition) is 16. The predicted molar refractivity (Wildman–Crippen MR) is 335 cm³/mol. The van der Waals surface area contributed by atoms with Crippen LogP contribution in [-0.4, -0.2) is 134 Å². The summed E-state index contributed by atoms with van der Waals surface area (Å²) in [6.07, 6.45) is 8.66. The fourth-order valence-corrected chi connectivity index (χ4v) is 10.9. The number of aryl methyl sites for hydroxylation is 2. The van der Waals surface area contributed by atoms with Crippen molar-refractivity contribution in [1.29, 1.82) is 0 Å². The number of nitrogens with two attached hydrogens (primary N) is 1. The molecule has 2 aliphatic carbocycles. The van der Waals surface area contributed by atoms with Gasteiger partial charge in [-0.15, -0.1) is 10.2 Å². The molecule has 2 saturated heterocycles. The Balaban J connectivity index is 0.000000168. The topological polar surface area (TPSA) is 256 Å². The SMILES string of the molecule is CC(C)(C)OC(=O)N1CC(CN)C1.Cc1cc(-c2cnc3c(NCC4CN(C(=O)OC(C)(C)C)C4)cc(Oc4cccc(F)c4)nn23)ccc1C(=O)CC1CC1.Cc1cc(-c2cnc3c(S(C)(=O)=O)cc(Oc4cccc(F)c4)nn23)ccc1C(=O)NC1CC1. The third-order valence-electron chi connectivity index (χ3n) is 15.1. The number of carbonyl (C=O) groups excluding carboxylic acids is 4. The summed E-state index contributed by atoms with van der Waals surface area (Å²) in [5.74, 6) is 1.10. The molecule has 21 nitrogen and oxygen atoms in total. The molecule has 4 aliphatic rings. The van der Waals surface area contributed by atoms with Crippen molar-refractivity contribution in [2.75, 3.05) is 50.8 Å². The van der Waals surface area contributed by atoms with E-state index in [1.54, 1.807) is 56.9 Å². The largest absolute Gasteiger partial charge is 0.444 e. The van der Waals surface area contributed by atoms with Gasteiger partial charge in [0.05, 0.1) is 29.5 Å². The third kappa shape index (κ3) is 16.2. The van der Waals surface area contributed by atoms with Gasteiger partial charge in [-0.25, -0.2) is 45.8 Å². The summed E-state index contributed by atoms with van der Waals surface area (Å²) in [6, 6.07) is 25.7. The Kier molecular flexibility index (Phi) is 18.6. The fourth-order valence-electron chi connectivity index (χ4n) is 10.1. The molecule has 0 bridgehead atoms. The van der Waals surface area contributed by atoms with Crippen LogP contribution < -0.4 is 25.8 Å². The zero-order valence-electron chi connectivity index (χ0n) is 51.9. The second-order valence-electron chi connectivity index (χ2n) is 25.4. The molecule has 90 heavy (non-hydrogen) atoms. The minimum Gasteiger partial charge on any atom is -0.444 e. The number of anilines is 1. The average molecular weight is 1250 g/mol. The molecule has 2 saturated carbocycles. The van der Waals surface area contributed by atoms with E-state index < -0.39 is 32.7 Å². The van der Waals surface area contributed by atoms with Crippen LogP contribution in [0.5, 0.6) is 23.3 Å². The number of aromatic nitrogens is 6. The Morgan fingerprint density at radius 1 is 0.633 bits per heavy atom. The first kappa shape index (κ1) is 64.0. The van der Waals surface area contributed by atoms with Gasteiger partial charge < -0.3 is 45.1 Å². The molecule has 12 rings (SSSR count). The van der Waals surface area contributed by atoms with Crippen LogP contribution in [0.15, 0.2) is 114 Å². The van der Waals surface area contributed by atoms with Gasteiger partial charge in [0.2, 0.25) is 11.8 Å². The second kappa shape index (κ2) is 26.2. The molecule has 0 spiro atoms. The molecule has 2 aliphatic heterocycles. The molecular weight excluding hydrogens is 1180 g/mol. The number of rotatable bonds is 16. The van der Waals surface area contributed by atoms with Crippen LogP contribution in [0, 0.1) is 43.2 Å². The highest BCUT2D eigenvalue weighted by molar-refractivity contribution is 7.91. The Morgan fingerprint density at radius 2 is 1.13 bits per heavy atom. The van der Waals surface area contributed by atoms with Crippen molar-refractivity contribution in [3.63, 3.8) is 0 Å². The van der Waals surface area contributed by atoms with Crippen LogP contribution in [-0.2, 0) is 19.3 Å². The van der Waals surface area contributed by atoms with Gasteiger partial charge in [0.1, 0.15) is 39.2 Å². The molecule has 474 valence electrons. The van der Waals surface area contributed by atoms with E-state index in [4.69, 9.17) is 29.8 Å². The lowest BCUT2D eigenvalue weighted by Crippen LogP contribution is -2.53. The van der Waals surface area contributed by atoms with E-state index >= 15 is 0 Å². The molecule has 4 fully saturated rings. The maximum atomic E-state index is 13.9. The molecule has 0 atom stereocenters. The summed E-state index contributed by atoms with van der Waals surface area (Å²) >= 11 is 0. The normalized spacial score (nSPS) is 15.2. The third-order valence-corrected chi connectivity index (χ3v) is 16.2. The van der Waals surface area contributed by atoms with Gasteiger partial charge in [-0.1, -0.05) is 30.3 Å². The lowest BCUT2D eigenvalue weighted by Gasteiger charge is -2.39. The van der Waals surface area contributed by atoms with Gasteiger partial charge in [-0.2, -0.15) is 0 Å². The number of imidazole rings is 2. The summed E-state index contributed by atoms with van der Waals surface area (Å²) in [5, 5.41) is 15.5. The number of benzene rings is 4. The number of fused-ring (bicyclic) bond motifs is 2. The van der Waals surface area contributed by atoms with Crippen LogP contribution >= 0.6 is 0 Å². The highest BCUT2D eigenvalue weighted by Gasteiger charge is 2.35. The van der Waals surface area contributed by atoms with Crippen molar-refractivity contribution >= 4 is 50.7 Å². The van der Waals surface area contributed by atoms with E-state index in [1.165, 1.54) is 47.1 Å². The maximum Gasteiger partial charge on any atom is 0.410 e. The van der Waals surface area contributed by atoms with Crippen molar-refractivity contribution < 1.29 is 55.3 Å². The quantitative estimate of drug-likeness (QED) is 0.0760. The van der Waals surface area contributed by atoms with Crippen LogP contribution in [0.25, 0.3) is 33.8 Å². The fraction of sp³-hybridized carbons (Fsp3) is 0.394. The van der Waals surface area contributed by atoms with Crippen molar-refractivity contribution in [2.24, 2.45) is 23.5 Å². The molecule has 8 aromatic rings. The number of nitrogens with zero attached hydrogens (tertiary/aromatic N) is 8. The number of likely N-dealkylation sites (tertiary alicyclic amines) is 2. The van der Waals surface area contributed by atoms with Crippen molar-refractivity contribution in [1.82, 2.24) is 44.3 Å². The smallest absolute Gasteiger partial charge is 0.410 e. The molecule has 3 amide bonds.